The summed E-state index contributed by atoms with van der Waals surface area (Å²) in [7, 11) is 0. The zero-order valence-electron chi connectivity index (χ0n) is 15.5. The van der Waals surface area contributed by atoms with Crippen LogP contribution in [0.3, 0.4) is 0 Å². The highest BCUT2D eigenvalue weighted by Crippen LogP contribution is 2.35. The van der Waals surface area contributed by atoms with Gasteiger partial charge in [0.15, 0.2) is 0 Å². The summed E-state index contributed by atoms with van der Waals surface area (Å²) in [6.45, 7) is 5.10. The van der Waals surface area contributed by atoms with E-state index in [1.54, 1.807) is 21.6 Å². The molecule has 2 fully saturated rings. The van der Waals surface area contributed by atoms with Crippen LogP contribution in [0.5, 0.6) is 0 Å². The molecule has 0 aromatic carbocycles. The molecule has 2 aliphatic rings. The molecule has 1 aromatic rings. The van der Waals surface area contributed by atoms with Gasteiger partial charge < -0.3 is 14.5 Å². The number of carbonyl (C=O) groups excluding carboxylic acids is 2. The Bertz CT molecular complexity index is 743. The molecule has 0 N–H and O–H groups in total. The normalized spacial score (nSPS) is 16.8. The number of ether oxygens (including phenoxy) is 1. The van der Waals surface area contributed by atoms with Crippen LogP contribution in [0, 0.1) is 10.1 Å². The van der Waals surface area contributed by atoms with Crippen molar-refractivity contribution in [3.05, 3.63) is 22.2 Å². The van der Waals surface area contributed by atoms with Gasteiger partial charge in [0.25, 0.3) is 0 Å². The average molecular weight is 377 g/mol. The van der Waals surface area contributed by atoms with Gasteiger partial charge in [-0.25, -0.2) is 9.78 Å². The zero-order chi connectivity index (χ0) is 19.6. The number of amides is 2. The van der Waals surface area contributed by atoms with Crippen LogP contribution in [0.2, 0.25) is 0 Å². The Balaban J connectivity index is 1.83. The molecule has 1 aromatic heterocycles. The highest BCUT2D eigenvalue weighted by atomic mass is 16.6. The minimum atomic E-state index is -0.473. The maximum Gasteiger partial charge on any atom is 0.409 e. The van der Waals surface area contributed by atoms with Crippen molar-refractivity contribution >= 4 is 29.3 Å². The summed E-state index contributed by atoms with van der Waals surface area (Å²) in [4.78, 5) is 44.2. The number of rotatable bonds is 5. The Morgan fingerprint density at radius 3 is 2.48 bits per heavy atom. The molecule has 0 radical (unpaired) electrons. The molecule has 27 heavy (non-hydrogen) atoms. The summed E-state index contributed by atoms with van der Waals surface area (Å²) in [5.74, 6) is 0.531. The SMILES string of the molecule is CCOC(=O)N1CCN(c2nc(N(C(C)=O)C3CC3)ccc2[N+](=O)[O-])CC1. The minimum absolute atomic E-state index is 0.109. The predicted octanol–water partition coefficient (Wildman–Crippen LogP) is 1.78. The third kappa shape index (κ3) is 4.09. The maximum absolute atomic E-state index is 12.0. The van der Waals surface area contributed by atoms with E-state index in [0.717, 1.165) is 12.8 Å². The Labute approximate surface area is 156 Å². The third-order valence-corrected chi connectivity index (χ3v) is 4.64. The number of nitro groups is 1. The molecule has 0 spiro atoms. The van der Waals surface area contributed by atoms with E-state index in [0.29, 0.717) is 38.6 Å². The lowest BCUT2D eigenvalue weighted by Crippen LogP contribution is -2.49. The molecule has 10 nitrogen and oxygen atoms in total. The van der Waals surface area contributed by atoms with Crippen LogP contribution in [0.4, 0.5) is 22.1 Å². The van der Waals surface area contributed by atoms with Gasteiger partial charge >= 0.3 is 11.8 Å². The summed E-state index contributed by atoms with van der Waals surface area (Å²) in [6, 6.07) is 3.04. The van der Waals surface area contributed by atoms with Crippen LogP contribution in [-0.4, -0.2) is 65.6 Å². The molecule has 1 saturated carbocycles. The highest BCUT2D eigenvalue weighted by molar-refractivity contribution is 5.92. The van der Waals surface area contributed by atoms with Gasteiger partial charge in [0.05, 0.1) is 11.5 Å². The molecule has 0 atom stereocenters. The summed E-state index contributed by atoms with van der Waals surface area (Å²) >= 11 is 0. The van der Waals surface area contributed by atoms with E-state index in [4.69, 9.17) is 4.74 Å². The van der Waals surface area contributed by atoms with Crippen LogP contribution in [-0.2, 0) is 9.53 Å². The molecule has 146 valence electrons. The fraction of sp³-hybridized carbons (Fsp3) is 0.588. The van der Waals surface area contributed by atoms with Gasteiger partial charge in [-0.05, 0) is 25.8 Å². The van der Waals surface area contributed by atoms with E-state index in [-0.39, 0.29) is 29.5 Å². The number of hydrogen-bond donors (Lipinski definition) is 0. The van der Waals surface area contributed by atoms with E-state index in [2.05, 4.69) is 4.98 Å². The van der Waals surface area contributed by atoms with Crippen LogP contribution >= 0.6 is 0 Å². The van der Waals surface area contributed by atoms with E-state index in [1.807, 2.05) is 0 Å². The second-order valence-electron chi connectivity index (χ2n) is 6.56. The Morgan fingerprint density at radius 1 is 1.30 bits per heavy atom. The Kier molecular flexibility index (Phi) is 5.43. The number of hydrogen-bond acceptors (Lipinski definition) is 7. The smallest absolute Gasteiger partial charge is 0.409 e. The quantitative estimate of drug-likeness (QED) is 0.568. The van der Waals surface area contributed by atoms with Gasteiger partial charge in [0, 0.05) is 45.2 Å². The average Bonchev–Trinajstić information content (AvgIpc) is 3.46. The molecule has 3 rings (SSSR count). The standard InChI is InChI=1S/C17H23N5O5/c1-3-27-17(24)20-10-8-19(9-11-20)16-14(22(25)26)6-7-15(18-16)21(12(2)23)13-4-5-13/h6-7,13H,3-5,8-11H2,1-2H3. The highest BCUT2D eigenvalue weighted by Gasteiger charge is 2.35. The molecule has 0 bridgehead atoms. The second-order valence-corrected chi connectivity index (χ2v) is 6.56. The zero-order valence-corrected chi connectivity index (χ0v) is 15.5. The maximum atomic E-state index is 12.0. The molecular weight excluding hydrogens is 354 g/mol. The summed E-state index contributed by atoms with van der Waals surface area (Å²) in [5.41, 5.74) is -0.109. The first-order chi connectivity index (χ1) is 12.9. The fourth-order valence-corrected chi connectivity index (χ4v) is 3.19. The number of piperazine rings is 1. The van der Waals surface area contributed by atoms with Crippen LogP contribution < -0.4 is 9.80 Å². The van der Waals surface area contributed by atoms with Crippen LogP contribution in [0.15, 0.2) is 12.1 Å². The van der Waals surface area contributed by atoms with Crippen LogP contribution in [0.25, 0.3) is 0 Å². The fourth-order valence-electron chi connectivity index (χ4n) is 3.19. The van der Waals surface area contributed by atoms with Gasteiger partial charge in [-0.1, -0.05) is 0 Å². The van der Waals surface area contributed by atoms with Crippen molar-refractivity contribution in [1.29, 1.82) is 0 Å². The monoisotopic (exact) mass is 377 g/mol. The van der Waals surface area contributed by atoms with Crippen molar-refractivity contribution in [3.8, 4) is 0 Å². The van der Waals surface area contributed by atoms with Crippen molar-refractivity contribution in [2.75, 3.05) is 42.6 Å². The first-order valence-electron chi connectivity index (χ1n) is 9.04. The summed E-state index contributed by atoms with van der Waals surface area (Å²) < 4.78 is 4.99. The molecule has 1 aliphatic carbocycles. The van der Waals surface area contributed by atoms with Crippen LogP contribution in [0.1, 0.15) is 26.7 Å². The van der Waals surface area contributed by atoms with Gasteiger partial charge in [-0.2, -0.15) is 0 Å². The first kappa shape index (κ1) is 18.9. The first-order valence-corrected chi connectivity index (χ1v) is 9.04. The Morgan fingerprint density at radius 2 is 1.96 bits per heavy atom. The second kappa shape index (κ2) is 7.77. The number of nitrogens with zero attached hydrogens (tertiary/aromatic N) is 5. The number of aromatic nitrogens is 1. The van der Waals surface area contributed by atoms with Crippen molar-refractivity contribution < 1.29 is 19.2 Å². The van der Waals surface area contributed by atoms with Gasteiger partial charge in [0.2, 0.25) is 11.7 Å². The lowest BCUT2D eigenvalue weighted by molar-refractivity contribution is -0.384. The molecule has 2 amide bonds. The van der Waals surface area contributed by atoms with E-state index in [1.165, 1.54) is 19.1 Å². The van der Waals surface area contributed by atoms with Crippen molar-refractivity contribution in [2.45, 2.75) is 32.7 Å². The topological polar surface area (TPSA) is 109 Å². The van der Waals surface area contributed by atoms with E-state index in [9.17, 15) is 19.7 Å². The largest absolute Gasteiger partial charge is 0.450 e. The number of carbonyl (C=O) groups is 2. The van der Waals surface area contributed by atoms with Crippen molar-refractivity contribution in [1.82, 2.24) is 9.88 Å². The van der Waals surface area contributed by atoms with E-state index < -0.39 is 4.92 Å². The van der Waals surface area contributed by atoms with E-state index >= 15 is 0 Å². The number of pyridine rings is 1. The molecule has 2 heterocycles. The molecule has 0 unspecified atom stereocenters. The molecule has 10 heteroatoms. The van der Waals surface area contributed by atoms with Gasteiger partial charge in [0.1, 0.15) is 5.82 Å². The Hall–Kier alpha value is -2.91. The minimum Gasteiger partial charge on any atom is -0.450 e. The summed E-state index contributed by atoms with van der Waals surface area (Å²) in [6.07, 6.45) is 1.43. The lowest BCUT2D eigenvalue weighted by atomic mass is 10.2. The number of anilines is 2. The molecule has 1 aliphatic heterocycles. The van der Waals surface area contributed by atoms with Gasteiger partial charge in [-0.3, -0.25) is 19.8 Å². The van der Waals surface area contributed by atoms with Crippen molar-refractivity contribution in [3.63, 3.8) is 0 Å². The third-order valence-electron chi connectivity index (χ3n) is 4.64. The van der Waals surface area contributed by atoms with Gasteiger partial charge in [-0.15, -0.1) is 0 Å². The van der Waals surface area contributed by atoms with Crippen molar-refractivity contribution in [2.24, 2.45) is 0 Å². The predicted molar refractivity (Wildman–Crippen MR) is 97.9 cm³/mol. The lowest BCUT2D eigenvalue weighted by Gasteiger charge is -2.34. The summed E-state index contributed by atoms with van der Waals surface area (Å²) in [5, 5.41) is 11.5. The molecule has 1 saturated heterocycles. The molecular formula is C17H23N5O5.